The molecule has 1 fully saturated rings. The smallest absolute Gasteiger partial charge is 0.311 e. The van der Waals surface area contributed by atoms with Gasteiger partial charge in [0, 0.05) is 18.5 Å². The Bertz CT molecular complexity index is 820. The molecule has 27 heavy (non-hydrogen) atoms. The lowest BCUT2D eigenvalue weighted by Crippen LogP contribution is -2.27. The van der Waals surface area contributed by atoms with Gasteiger partial charge in [0.25, 0.3) is 0 Å². The van der Waals surface area contributed by atoms with Gasteiger partial charge in [-0.15, -0.1) is 0 Å². The van der Waals surface area contributed by atoms with Gasteiger partial charge in [0.05, 0.1) is 19.6 Å². The number of carbonyl (C=O) groups excluding carboxylic acids is 1. The SMILES string of the molecule is CCOC(=O)[C@H]1[C@@H](c2ccc3c(c2)OCO3)CN[C@H]1c1ccc(OC)cc1. The Balaban J connectivity index is 1.66. The molecule has 0 spiro atoms. The Hall–Kier alpha value is -2.73. The van der Waals surface area contributed by atoms with Crippen LogP contribution in [0.3, 0.4) is 0 Å². The second-order valence-corrected chi connectivity index (χ2v) is 6.66. The highest BCUT2D eigenvalue weighted by molar-refractivity contribution is 5.76. The quantitative estimate of drug-likeness (QED) is 0.818. The zero-order valence-corrected chi connectivity index (χ0v) is 15.4. The second kappa shape index (κ2) is 7.48. The molecule has 0 bridgehead atoms. The van der Waals surface area contributed by atoms with Crippen molar-refractivity contribution in [3.05, 3.63) is 53.6 Å². The van der Waals surface area contributed by atoms with Crippen molar-refractivity contribution in [3.8, 4) is 17.2 Å². The van der Waals surface area contributed by atoms with Gasteiger partial charge in [0.1, 0.15) is 5.75 Å². The predicted octanol–water partition coefficient (Wildman–Crippen LogP) is 3.03. The van der Waals surface area contributed by atoms with Gasteiger partial charge >= 0.3 is 5.97 Å². The van der Waals surface area contributed by atoms with E-state index in [0.717, 1.165) is 28.4 Å². The summed E-state index contributed by atoms with van der Waals surface area (Å²) in [6.07, 6.45) is 0. The fourth-order valence-electron chi connectivity index (χ4n) is 3.88. The maximum Gasteiger partial charge on any atom is 0.311 e. The fourth-order valence-corrected chi connectivity index (χ4v) is 3.88. The molecule has 2 aliphatic rings. The van der Waals surface area contributed by atoms with Gasteiger partial charge in [0.2, 0.25) is 6.79 Å². The van der Waals surface area contributed by atoms with Crippen LogP contribution in [0.15, 0.2) is 42.5 Å². The monoisotopic (exact) mass is 369 g/mol. The van der Waals surface area contributed by atoms with E-state index in [1.807, 2.05) is 49.4 Å². The summed E-state index contributed by atoms with van der Waals surface area (Å²) in [5.41, 5.74) is 2.08. The van der Waals surface area contributed by atoms with Crippen LogP contribution in [0, 0.1) is 5.92 Å². The topological polar surface area (TPSA) is 66.0 Å². The molecule has 6 heteroatoms. The number of ether oxygens (including phenoxy) is 4. The first-order valence-electron chi connectivity index (χ1n) is 9.14. The minimum Gasteiger partial charge on any atom is -0.497 e. The fraction of sp³-hybridized carbons (Fsp3) is 0.381. The molecule has 4 rings (SSSR count). The summed E-state index contributed by atoms with van der Waals surface area (Å²) in [5, 5.41) is 3.50. The first-order valence-corrected chi connectivity index (χ1v) is 9.14. The lowest BCUT2D eigenvalue weighted by Gasteiger charge is -2.23. The Labute approximate surface area is 158 Å². The molecule has 2 aromatic carbocycles. The molecule has 6 nitrogen and oxygen atoms in total. The third kappa shape index (κ3) is 3.32. The van der Waals surface area contributed by atoms with Crippen LogP contribution in [-0.2, 0) is 9.53 Å². The van der Waals surface area contributed by atoms with E-state index in [-0.39, 0.29) is 30.6 Å². The molecule has 2 heterocycles. The summed E-state index contributed by atoms with van der Waals surface area (Å²) in [4.78, 5) is 12.8. The van der Waals surface area contributed by atoms with Crippen LogP contribution in [0.5, 0.6) is 17.2 Å². The standard InChI is InChI=1S/C21H23NO5/c1-3-25-21(23)19-16(14-6-9-17-18(10-14)27-12-26-17)11-22-20(19)13-4-7-15(24-2)8-5-13/h4-10,16,19-20,22H,3,11-12H2,1-2H3/t16-,19+,20+/m1/s1. The highest BCUT2D eigenvalue weighted by Crippen LogP contribution is 2.43. The van der Waals surface area contributed by atoms with E-state index in [1.54, 1.807) is 7.11 Å². The number of hydrogen-bond donors (Lipinski definition) is 1. The Kier molecular flexibility index (Phi) is 4.90. The third-order valence-electron chi connectivity index (χ3n) is 5.21. The molecule has 0 saturated carbocycles. The van der Waals surface area contributed by atoms with Gasteiger partial charge in [-0.2, -0.15) is 0 Å². The van der Waals surface area contributed by atoms with E-state index in [2.05, 4.69) is 5.32 Å². The Morgan fingerprint density at radius 1 is 1.11 bits per heavy atom. The van der Waals surface area contributed by atoms with Crippen molar-refractivity contribution in [2.45, 2.75) is 18.9 Å². The Morgan fingerprint density at radius 3 is 2.59 bits per heavy atom. The van der Waals surface area contributed by atoms with Crippen molar-refractivity contribution < 1.29 is 23.7 Å². The number of nitrogens with one attached hydrogen (secondary N) is 1. The van der Waals surface area contributed by atoms with Gasteiger partial charge in [-0.3, -0.25) is 4.79 Å². The Morgan fingerprint density at radius 2 is 1.85 bits per heavy atom. The van der Waals surface area contributed by atoms with E-state index in [4.69, 9.17) is 18.9 Å². The van der Waals surface area contributed by atoms with Crippen LogP contribution in [0.2, 0.25) is 0 Å². The molecule has 2 aromatic rings. The van der Waals surface area contributed by atoms with E-state index in [0.29, 0.717) is 13.2 Å². The van der Waals surface area contributed by atoms with Crippen molar-refractivity contribution in [3.63, 3.8) is 0 Å². The van der Waals surface area contributed by atoms with Crippen LogP contribution < -0.4 is 19.5 Å². The molecule has 0 unspecified atom stereocenters. The molecule has 0 aliphatic carbocycles. The normalized spacial score (nSPS) is 23.3. The molecule has 0 amide bonds. The average molecular weight is 369 g/mol. The number of hydrogen-bond acceptors (Lipinski definition) is 6. The van der Waals surface area contributed by atoms with Crippen LogP contribution in [0.4, 0.5) is 0 Å². The first-order chi connectivity index (χ1) is 13.2. The highest BCUT2D eigenvalue weighted by atomic mass is 16.7. The molecule has 3 atom stereocenters. The van der Waals surface area contributed by atoms with Gasteiger partial charge in [-0.25, -0.2) is 0 Å². The summed E-state index contributed by atoms with van der Waals surface area (Å²) in [6, 6.07) is 13.6. The minimum atomic E-state index is -0.321. The van der Waals surface area contributed by atoms with E-state index >= 15 is 0 Å². The molecule has 0 radical (unpaired) electrons. The second-order valence-electron chi connectivity index (χ2n) is 6.66. The summed E-state index contributed by atoms with van der Waals surface area (Å²) in [6.45, 7) is 3.11. The third-order valence-corrected chi connectivity index (χ3v) is 5.21. The van der Waals surface area contributed by atoms with Crippen LogP contribution in [-0.4, -0.2) is 33.0 Å². The van der Waals surface area contributed by atoms with Crippen molar-refractivity contribution >= 4 is 5.97 Å². The van der Waals surface area contributed by atoms with Crippen molar-refractivity contribution in [2.24, 2.45) is 5.92 Å². The lowest BCUT2D eigenvalue weighted by molar-refractivity contribution is -0.148. The molecular weight excluding hydrogens is 346 g/mol. The zero-order valence-electron chi connectivity index (χ0n) is 15.4. The highest BCUT2D eigenvalue weighted by Gasteiger charge is 2.43. The summed E-state index contributed by atoms with van der Waals surface area (Å²) in [7, 11) is 1.64. The molecule has 2 aliphatic heterocycles. The molecule has 0 aromatic heterocycles. The predicted molar refractivity (Wildman–Crippen MR) is 99.2 cm³/mol. The molecule has 1 saturated heterocycles. The van der Waals surface area contributed by atoms with Crippen molar-refractivity contribution in [1.82, 2.24) is 5.32 Å². The van der Waals surface area contributed by atoms with Gasteiger partial charge < -0.3 is 24.3 Å². The van der Waals surface area contributed by atoms with Crippen LogP contribution >= 0.6 is 0 Å². The number of carbonyl (C=O) groups is 1. The number of esters is 1. The molecule has 142 valence electrons. The number of fused-ring (bicyclic) bond motifs is 1. The van der Waals surface area contributed by atoms with E-state index in [1.165, 1.54) is 0 Å². The summed E-state index contributed by atoms with van der Waals surface area (Å²) in [5.74, 6) is 1.74. The van der Waals surface area contributed by atoms with Crippen LogP contribution in [0.1, 0.15) is 30.0 Å². The zero-order chi connectivity index (χ0) is 18.8. The van der Waals surface area contributed by atoms with E-state index in [9.17, 15) is 4.79 Å². The minimum absolute atomic E-state index is 0.00866. The van der Waals surface area contributed by atoms with Gasteiger partial charge in [-0.05, 0) is 42.3 Å². The number of methoxy groups -OCH3 is 1. The van der Waals surface area contributed by atoms with Gasteiger partial charge in [0.15, 0.2) is 11.5 Å². The number of benzene rings is 2. The van der Waals surface area contributed by atoms with Crippen molar-refractivity contribution in [2.75, 3.05) is 27.1 Å². The van der Waals surface area contributed by atoms with Crippen molar-refractivity contribution in [1.29, 1.82) is 0 Å². The van der Waals surface area contributed by atoms with E-state index < -0.39 is 0 Å². The summed E-state index contributed by atoms with van der Waals surface area (Å²) < 4.78 is 21.6. The lowest BCUT2D eigenvalue weighted by atomic mass is 9.83. The first kappa shape index (κ1) is 17.7. The van der Waals surface area contributed by atoms with Gasteiger partial charge in [-0.1, -0.05) is 18.2 Å². The summed E-state index contributed by atoms with van der Waals surface area (Å²) >= 11 is 0. The maximum absolute atomic E-state index is 12.8. The average Bonchev–Trinajstić information content (AvgIpc) is 3.34. The molecular formula is C21H23NO5. The molecule has 1 N–H and O–H groups in total. The largest absolute Gasteiger partial charge is 0.497 e. The number of rotatable bonds is 5. The maximum atomic E-state index is 12.8. The van der Waals surface area contributed by atoms with Crippen LogP contribution in [0.25, 0.3) is 0 Å².